The molecule has 0 aromatic heterocycles. The predicted molar refractivity (Wildman–Crippen MR) is 68.1 cm³/mol. The standard InChI is InChI=1S/C14H10O4/c15-11-3-1-7-5-8-2-4-12(16)14(18)10(8)6-9(7)13(11)17/h1-6,15-18H. The van der Waals surface area contributed by atoms with Crippen molar-refractivity contribution in [2.75, 3.05) is 0 Å². The van der Waals surface area contributed by atoms with E-state index < -0.39 is 0 Å². The monoisotopic (exact) mass is 242 g/mol. The number of rotatable bonds is 0. The Morgan fingerprint density at radius 2 is 1.00 bits per heavy atom. The van der Waals surface area contributed by atoms with Crippen LogP contribution in [-0.2, 0) is 0 Å². The van der Waals surface area contributed by atoms with E-state index in [1.54, 1.807) is 18.2 Å². The van der Waals surface area contributed by atoms with Gasteiger partial charge in [0.05, 0.1) is 0 Å². The van der Waals surface area contributed by atoms with Gasteiger partial charge in [-0.05, 0) is 35.0 Å². The molecule has 0 unspecified atom stereocenters. The van der Waals surface area contributed by atoms with Crippen molar-refractivity contribution in [2.24, 2.45) is 0 Å². The smallest absolute Gasteiger partial charge is 0.165 e. The first-order chi connectivity index (χ1) is 8.58. The fraction of sp³-hybridized carbons (Fsp3) is 0. The molecule has 3 rings (SSSR count). The minimum Gasteiger partial charge on any atom is -0.504 e. The zero-order chi connectivity index (χ0) is 12.9. The lowest BCUT2D eigenvalue weighted by Crippen LogP contribution is -1.80. The van der Waals surface area contributed by atoms with E-state index in [2.05, 4.69) is 0 Å². The molecule has 4 heteroatoms. The lowest BCUT2D eigenvalue weighted by molar-refractivity contribution is 0.407. The van der Waals surface area contributed by atoms with Gasteiger partial charge in [0.2, 0.25) is 0 Å². The molecule has 3 aromatic rings. The molecule has 4 N–H and O–H groups in total. The molecule has 0 aliphatic heterocycles. The Balaban J connectivity index is 2.52. The summed E-state index contributed by atoms with van der Waals surface area (Å²) in [5.74, 6) is -0.919. The molecule has 90 valence electrons. The van der Waals surface area contributed by atoms with E-state index in [1.807, 2.05) is 0 Å². The van der Waals surface area contributed by atoms with Crippen molar-refractivity contribution >= 4 is 21.5 Å². The molecule has 0 amide bonds. The highest BCUT2D eigenvalue weighted by atomic mass is 16.3. The van der Waals surface area contributed by atoms with Gasteiger partial charge in [-0.3, -0.25) is 0 Å². The van der Waals surface area contributed by atoms with Crippen LogP contribution in [0.3, 0.4) is 0 Å². The van der Waals surface area contributed by atoms with Gasteiger partial charge in [-0.1, -0.05) is 12.1 Å². The fourth-order valence-corrected chi connectivity index (χ4v) is 2.09. The van der Waals surface area contributed by atoms with Crippen molar-refractivity contribution in [1.82, 2.24) is 0 Å². The van der Waals surface area contributed by atoms with E-state index in [0.717, 1.165) is 10.8 Å². The molecular formula is C14H10O4. The first-order valence-electron chi connectivity index (χ1n) is 5.37. The van der Waals surface area contributed by atoms with E-state index in [1.165, 1.54) is 18.2 Å². The molecule has 0 bridgehead atoms. The van der Waals surface area contributed by atoms with Crippen LogP contribution in [0.25, 0.3) is 21.5 Å². The van der Waals surface area contributed by atoms with Gasteiger partial charge in [-0.15, -0.1) is 0 Å². The number of phenolic OH excluding ortho intramolecular Hbond substituents is 4. The first kappa shape index (κ1) is 10.5. The number of benzene rings is 3. The van der Waals surface area contributed by atoms with Gasteiger partial charge in [0, 0.05) is 10.8 Å². The average molecular weight is 242 g/mol. The summed E-state index contributed by atoms with van der Waals surface area (Å²) in [6.45, 7) is 0. The van der Waals surface area contributed by atoms with Crippen molar-refractivity contribution in [3.63, 3.8) is 0 Å². The Morgan fingerprint density at radius 1 is 0.556 bits per heavy atom. The Bertz CT molecular complexity index is 715. The van der Waals surface area contributed by atoms with Crippen molar-refractivity contribution in [3.05, 3.63) is 36.4 Å². The second kappa shape index (κ2) is 3.43. The van der Waals surface area contributed by atoms with Gasteiger partial charge in [0.15, 0.2) is 23.0 Å². The van der Waals surface area contributed by atoms with Crippen LogP contribution in [0, 0.1) is 0 Å². The molecule has 18 heavy (non-hydrogen) atoms. The van der Waals surface area contributed by atoms with Crippen molar-refractivity contribution in [2.45, 2.75) is 0 Å². The van der Waals surface area contributed by atoms with Gasteiger partial charge < -0.3 is 20.4 Å². The summed E-state index contributed by atoms with van der Waals surface area (Å²) in [4.78, 5) is 0. The van der Waals surface area contributed by atoms with Crippen LogP contribution in [-0.4, -0.2) is 20.4 Å². The average Bonchev–Trinajstić information content (AvgIpc) is 2.37. The maximum Gasteiger partial charge on any atom is 0.165 e. The number of hydrogen-bond donors (Lipinski definition) is 4. The highest BCUT2D eigenvalue weighted by molar-refractivity contribution is 6.04. The van der Waals surface area contributed by atoms with Crippen LogP contribution in [0.1, 0.15) is 0 Å². The third-order valence-electron chi connectivity index (χ3n) is 3.06. The number of fused-ring (bicyclic) bond motifs is 2. The fourth-order valence-electron chi connectivity index (χ4n) is 2.09. The predicted octanol–water partition coefficient (Wildman–Crippen LogP) is 2.82. The quantitative estimate of drug-likeness (QED) is 0.361. The summed E-state index contributed by atoms with van der Waals surface area (Å²) in [5.41, 5.74) is 0. The summed E-state index contributed by atoms with van der Waals surface area (Å²) in [7, 11) is 0. The Kier molecular flexibility index (Phi) is 2.01. The highest BCUT2D eigenvalue weighted by Gasteiger charge is 2.10. The van der Waals surface area contributed by atoms with Crippen LogP contribution < -0.4 is 0 Å². The largest absolute Gasteiger partial charge is 0.504 e. The molecule has 3 aromatic carbocycles. The van der Waals surface area contributed by atoms with Gasteiger partial charge in [0.25, 0.3) is 0 Å². The lowest BCUT2D eigenvalue weighted by Gasteiger charge is -2.07. The third-order valence-corrected chi connectivity index (χ3v) is 3.06. The van der Waals surface area contributed by atoms with Crippen LogP contribution in [0.4, 0.5) is 0 Å². The Labute approximate surface area is 102 Å². The van der Waals surface area contributed by atoms with E-state index in [9.17, 15) is 20.4 Å². The molecule has 0 aliphatic rings. The van der Waals surface area contributed by atoms with E-state index in [0.29, 0.717) is 10.8 Å². The number of aromatic hydroxyl groups is 4. The molecule has 0 fully saturated rings. The molecule has 0 atom stereocenters. The topological polar surface area (TPSA) is 80.9 Å². The maximum absolute atomic E-state index is 9.78. The van der Waals surface area contributed by atoms with Crippen LogP contribution in [0.2, 0.25) is 0 Å². The molecular weight excluding hydrogens is 232 g/mol. The normalized spacial score (nSPS) is 11.1. The summed E-state index contributed by atoms with van der Waals surface area (Å²) >= 11 is 0. The summed E-state index contributed by atoms with van der Waals surface area (Å²) in [6.07, 6.45) is 0. The van der Waals surface area contributed by atoms with Crippen molar-refractivity contribution in [1.29, 1.82) is 0 Å². The van der Waals surface area contributed by atoms with Gasteiger partial charge >= 0.3 is 0 Å². The highest BCUT2D eigenvalue weighted by Crippen LogP contribution is 2.40. The van der Waals surface area contributed by atoms with Gasteiger partial charge in [0.1, 0.15) is 0 Å². The Hall–Kier alpha value is -2.62. The molecule has 0 aliphatic carbocycles. The minimum atomic E-state index is -0.239. The first-order valence-corrected chi connectivity index (χ1v) is 5.37. The second-order valence-corrected chi connectivity index (χ2v) is 4.16. The number of hydrogen-bond acceptors (Lipinski definition) is 4. The molecule has 4 nitrogen and oxygen atoms in total. The Morgan fingerprint density at radius 3 is 1.44 bits per heavy atom. The van der Waals surface area contributed by atoms with E-state index in [-0.39, 0.29) is 23.0 Å². The van der Waals surface area contributed by atoms with Crippen LogP contribution in [0.15, 0.2) is 36.4 Å². The third kappa shape index (κ3) is 1.32. The van der Waals surface area contributed by atoms with Gasteiger partial charge in [-0.25, -0.2) is 0 Å². The number of phenols is 4. The van der Waals surface area contributed by atoms with E-state index >= 15 is 0 Å². The van der Waals surface area contributed by atoms with Crippen molar-refractivity contribution < 1.29 is 20.4 Å². The molecule has 0 saturated heterocycles. The van der Waals surface area contributed by atoms with Gasteiger partial charge in [-0.2, -0.15) is 0 Å². The lowest BCUT2D eigenvalue weighted by atomic mass is 10.0. The summed E-state index contributed by atoms with van der Waals surface area (Å²) < 4.78 is 0. The molecule has 0 radical (unpaired) electrons. The molecule has 0 saturated carbocycles. The zero-order valence-electron chi connectivity index (χ0n) is 9.25. The molecule has 0 heterocycles. The van der Waals surface area contributed by atoms with Crippen LogP contribution >= 0.6 is 0 Å². The minimum absolute atomic E-state index is 0.221. The van der Waals surface area contributed by atoms with Crippen LogP contribution in [0.5, 0.6) is 23.0 Å². The van der Waals surface area contributed by atoms with Crippen molar-refractivity contribution in [3.8, 4) is 23.0 Å². The second-order valence-electron chi connectivity index (χ2n) is 4.16. The van der Waals surface area contributed by atoms with E-state index in [4.69, 9.17) is 0 Å². The zero-order valence-corrected chi connectivity index (χ0v) is 9.25. The summed E-state index contributed by atoms with van der Waals surface area (Å²) in [5, 5.41) is 40.8. The summed E-state index contributed by atoms with van der Waals surface area (Å²) in [6, 6.07) is 9.47. The molecule has 0 spiro atoms. The SMILES string of the molecule is Oc1ccc2cc3ccc(O)c(O)c3cc2c1O. The maximum atomic E-state index is 9.78.